The Balaban J connectivity index is 1.43. The van der Waals surface area contributed by atoms with Crippen molar-refractivity contribution in [3.05, 3.63) is 87.0 Å². The number of amides is 1. The number of benzene rings is 2. The SMILES string of the molecule is CCc1cc2c(=O)n(CCc3ccccc3)c(SCC(=O)N3c4ccccc4C[C@H]3C)nc2s1. The topological polar surface area (TPSA) is 55.2 Å². The average Bonchev–Trinajstić information content (AvgIpc) is 3.42. The summed E-state index contributed by atoms with van der Waals surface area (Å²) < 4.78 is 1.75. The van der Waals surface area contributed by atoms with E-state index in [9.17, 15) is 9.59 Å². The number of carbonyl (C=O) groups excluding carboxylic acids is 1. The van der Waals surface area contributed by atoms with Crippen LogP contribution in [0, 0.1) is 0 Å². The van der Waals surface area contributed by atoms with E-state index in [1.54, 1.807) is 15.9 Å². The lowest BCUT2D eigenvalue weighted by Gasteiger charge is -2.22. The standard InChI is InChI=1S/C27H27N3O2S2/c1-3-21-16-22-25(34-21)28-27(29(26(22)32)14-13-19-9-5-4-6-10-19)33-17-24(31)30-18(2)15-20-11-7-8-12-23(20)30/h4-12,16,18H,3,13-15,17H2,1-2H3/t18-/m1/s1. The first-order valence-corrected chi connectivity index (χ1v) is 13.4. The molecule has 0 aliphatic carbocycles. The Bertz CT molecular complexity index is 1390. The Labute approximate surface area is 207 Å². The lowest BCUT2D eigenvalue weighted by molar-refractivity contribution is -0.116. The molecule has 5 nitrogen and oxygen atoms in total. The zero-order chi connectivity index (χ0) is 23.7. The summed E-state index contributed by atoms with van der Waals surface area (Å²) in [6.45, 7) is 4.70. The number of thioether (sulfide) groups is 1. The molecule has 0 saturated heterocycles. The molecule has 0 unspecified atom stereocenters. The van der Waals surface area contributed by atoms with E-state index in [4.69, 9.17) is 4.98 Å². The Morgan fingerprint density at radius 3 is 2.71 bits per heavy atom. The van der Waals surface area contributed by atoms with E-state index < -0.39 is 0 Å². The highest BCUT2D eigenvalue weighted by molar-refractivity contribution is 7.99. The molecule has 0 bridgehead atoms. The molecule has 1 aliphatic heterocycles. The fourth-order valence-corrected chi connectivity index (χ4v) is 6.45. The lowest BCUT2D eigenvalue weighted by Crippen LogP contribution is -2.37. The van der Waals surface area contributed by atoms with Crippen LogP contribution in [-0.4, -0.2) is 27.3 Å². The highest BCUT2D eigenvalue weighted by atomic mass is 32.2. The Kier molecular flexibility index (Phi) is 6.57. The van der Waals surface area contributed by atoms with Crippen molar-refractivity contribution >= 4 is 44.9 Å². The second-order valence-electron chi connectivity index (χ2n) is 8.61. The molecule has 0 radical (unpaired) electrons. The summed E-state index contributed by atoms with van der Waals surface area (Å²) in [6, 6.07) is 20.3. The summed E-state index contributed by atoms with van der Waals surface area (Å²) >= 11 is 2.93. The van der Waals surface area contributed by atoms with Crippen molar-refractivity contribution in [2.75, 3.05) is 10.7 Å². The third-order valence-corrected chi connectivity index (χ3v) is 8.42. The van der Waals surface area contributed by atoms with Crippen molar-refractivity contribution < 1.29 is 4.79 Å². The van der Waals surface area contributed by atoms with Crippen LogP contribution in [0.5, 0.6) is 0 Å². The minimum Gasteiger partial charge on any atom is -0.308 e. The van der Waals surface area contributed by atoms with Crippen molar-refractivity contribution in [3.63, 3.8) is 0 Å². The average molecular weight is 490 g/mol. The number of nitrogens with zero attached hydrogens (tertiary/aromatic N) is 3. The number of fused-ring (bicyclic) bond motifs is 2. The zero-order valence-corrected chi connectivity index (χ0v) is 21.0. The molecule has 2 aromatic heterocycles. The maximum absolute atomic E-state index is 13.4. The van der Waals surface area contributed by atoms with Crippen LogP contribution in [0.3, 0.4) is 0 Å². The van der Waals surface area contributed by atoms with Gasteiger partial charge in [0, 0.05) is 23.2 Å². The minimum absolute atomic E-state index is 0.0216. The third-order valence-electron chi connectivity index (χ3n) is 6.28. The second-order valence-corrected chi connectivity index (χ2v) is 10.7. The van der Waals surface area contributed by atoms with Gasteiger partial charge in [0.05, 0.1) is 11.1 Å². The molecule has 7 heteroatoms. The molecule has 174 valence electrons. The number of rotatable bonds is 7. The highest BCUT2D eigenvalue weighted by Crippen LogP contribution is 2.33. The number of anilines is 1. The van der Waals surface area contributed by atoms with Gasteiger partial charge in [0.1, 0.15) is 4.83 Å². The van der Waals surface area contributed by atoms with Crippen LogP contribution in [0.4, 0.5) is 5.69 Å². The van der Waals surface area contributed by atoms with E-state index in [2.05, 4.69) is 32.0 Å². The van der Waals surface area contributed by atoms with E-state index in [-0.39, 0.29) is 23.3 Å². The van der Waals surface area contributed by atoms with Gasteiger partial charge < -0.3 is 4.90 Å². The maximum atomic E-state index is 13.4. The molecule has 4 aromatic rings. The molecule has 3 heterocycles. The van der Waals surface area contributed by atoms with E-state index in [1.165, 1.54) is 22.9 Å². The van der Waals surface area contributed by atoms with Crippen LogP contribution in [-0.2, 0) is 30.6 Å². The largest absolute Gasteiger partial charge is 0.308 e. The Morgan fingerprint density at radius 2 is 1.91 bits per heavy atom. The molecule has 0 spiro atoms. The fourth-order valence-electron chi connectivity index (χ4n) is 4.56. The molecule has 0 fully saturated rings. The van der Waals surface area contributed by atoms with Crippen LogP contribution >= 0.6 is 23.1 Å². The van der Waals surface area contributed by atoms with E-state index >= 15 is 0 Å². The van der Waals surface area contributed by atoms with Gasteiger partial charge in [-0.3, -0.25) is 14.2 Å². The van der Waals surface area contributed by atoms with Gasteiger partial charge in [-0.1, -0.05) is 67.2 Å². The summed E-state index contributed by atoms with van der Waals surface area (Å²) in [6.07, 6.45) is 2.47. The molecule has 0 saturated carbocycles. The van der Waals surface area contributed by atoms with Gasteiger partial charge in [0.2, 0.25) is 5.91 Å². The molecule has 1 aliphatic rings. The van der Waals surface area contributed by atoms with Crippen LogP contribution in [0.15, 0.2) is 70.6 Å². The monoisotopic (exact) mass is 489 g/mol. The molecule has 34 heavy (non-hydrogen) atoms. The number of carbonyl (C=O) groups is 1. The summed E-state index contributed by atoms with van der Waals surface area (Å²) in [5.74, 6) is 0.292. The quantitative estimate of drug-likeness (QED) is 0.260. The molecule has 1 amide bonds. The van der Waals surface area contributed by atoms with Crippen molar-refractivity contribution in [2.24, 2.45) is 0 Å². The van der Waals surface area contributed by atoms with Gasteiger partial charge in [-0.25, -0.2) is 4.98 Å². The van der Waals surface area contributed by atoms with Gasteiger partial charge in [-0.05, 0) is 49.4 Å². The van der Waals surface area contributed by atoms with Crippen molar-refractivity contribution in [1.29, 1.82) is 0 Å². The van der Waals surface area contributed by atoms with E-state index in [0.717, 1.165) is 34.7 Å². The third kappa shape index (κ3) is 4.42. The van der Waals surface area contributed by atoms with Gasteiger partial charge in [0.25, 0.3) is 5.56 Å². The zero-order valence-electron chi connectivity index (χ0n) is 19.4. The Morgan fingerprint density at radius 1 is 1.15 bits per heavy atom. The van der Waals surface area contributed by atoms with Crippen LogP contribution in [0.25, 0.3) is 10.2 Å². The van der Waals surface area contributed by atoms with Crippen LogP contribution in [0.2, 0.25) is 0 Å². The van der Waals surface area contributed by atoms with Gasteiger partial charge in [-0.15, -0.1) is 11.3 Å². The lowest BCUT2D eigenvalue weighted by atomic mass is 10.1. The number of hydrogen-bond acceptors (Lipinski definition) is 5. The summed E-state index contributed by atoms with van der Waals surface area (Å²) in [5, 5.41) is 1.29. The van der Waals surface area contributed by atoms with Gasteiger partial charge in [0.15, 0.2) is 5.16 Å². The Hall–Kier alpha value is -2.90. The smallest absolute Gasteiger partial charge is 0.262 e. The first-order chi connectivity index (χ1) is 16.5. The van der Waals surface area contributed by atoms with E-state index in [0.29, 0.717) is 17.1 Å². The second kappa shape index (κ2) is 9.76. The molecular formula is C27H27N3O2S2. The normalized spacial score (nSPS) is 15.1. The molecule has 0 N–H and O–H groups in total. The highest BCUT2D eigenvalue weighted by Gasteiger charge is 2.30. The van der Waals surface area contributed by atoms with Crippen LogP contribution < -0.4 is 10.5 Å². The maximum Gasteiger partial charge on any atom is 0.262 e. The summed E-state index contributed by atoms with van der Waals surface area (Å²) in [4.78, 5) is 35.4. The van der Waals surface area contributed by atoms with E-state index in [1.807, 2.05) is 47.4 Å². The predicted molar refractivity (Wildman–Crippen MR) is 141 cm³/mol. The predicted octanol–water partition coefficient (Wildman–Crippen LogP) is 5.33. The molecule has 1 atom stereocenters. The van der Waals surface area contributed by atoms with Gasteiger partial charge in [-0.2, -0.15) is 0 Å². The molecular weight excluding hydrogens is 462 g/mol. The molecule has 2 aromatic carbocycles. The van der Waals surface area contributed by atoms with Crippen molar-refractivity contribution in [2.45, 2.75) is 50.9 Å². The van der Waals surface area contributed by atoms with Crippen molar-refractivity contribution in [3.8, 4) is 0 Å². The number of aromatic nitrogens is 2. The minimum atomic E-state index is -0.0216. The van der Waals surface area contributed by atoms with Crippen LogP contribution in [0.1, 0.15) is 29.9 Å². The first-order valence-electron chi connectivity index (χ1n) is 11.6. The number of aryl methyl sites for hydroxylation is 2. The fraction of sp³-hybridized carbons (Fsp3) is 0.296. The molecule has 5 rings (SSSR count). The summed E-state index contributed by atoms with van der Waals surface area (Å²) in [5.41, 5.74) is 3.35. The number of thiophene rings is 1. The number of para-hydroxylation sites is 1. The first kappa shape index (κ1) is 22.9. The van der Waals surface area contributed by atoms with Crippen molar-refractivity contribution in [1.82, 2.24) is 9.55 Å². The summed E-state index contributed by atoms with van der Waals surface area (Å²) in [7, 11) is 0. The van der Waals surface area contributed by atoms with Gasteiger partial charge >= 0.3 is 0 Å². The number of hydrogen-bond donors (Lipinski definition) is 0.